The molecule has 24 heavy (non-hydrogen) atoms. The Hall–Kier alpha value is -1.98. The summed E-state index contributed by atoms with van der Waals surface area (Å²) in [5, 5.41) is 9.49. The van der Waals surface area contributed by atoms with Crippen molar-refractivity contribution in [3.05, 3.63) is 24.2 Å². The van der Waals surface area contributed by atoms with Gasteiger partial charge in [0.15, 0.2) is 11.7 Å². The third-order valence-electron chi connectivity index (χ3n) is 4.56. The Morgan fingerprint density at radius 2 is 2.04 bits per heavy atom. The molecule has 0 aliphatic heterocycles. The van der Waals surface area contributed by atoms with Gasteiger partial charge in [-0.1, -0.05) is 20.3 Å². The number of furan rings is 1. The van der Waals surface area contributed by atoms with Crippen molar-refractivity contribution in [1.29, 1.82) is 0 Å². The maximum absolute atomic E-state index is 11.7. The van der Waals surface area contributed by atoms with Gasteiger partial charge in [-0.2, -0.15) is 0 Å². The van der Waals surface area contributed by atoms with Gasteiger partial charge in [0.25, 0.3) is 5.91 Å². The van der Waals surface area contributed by atoms with Crippen molar-refractivity contribution in [2.45, 2.75) is 39.5 Å². The van der Waals surface area contributed by atoms with E-state index in [0.29, 0.717) is 24.3 Å². The predicted molar refractivity (Wildman–Crippen MR) is 96.1 cm³/mol. The van der Waals surface area contributed by atoms with Crippen LogP contribution in [-0.4, -0.2) is 38.5 Å². The molecule has 1 saturated carbocycles. The fraction of sp³-hybridized carbons (Fsp3) is 0.667. The first-order chi connectivity index (χ1) is 11.5. The van der Waals surface area contributed by atoms with Crippen LogP contribution in [-0.2, 0) is 0 Å². The summed E-state index contributed by atoms with van der Waals surface area (Å²) in [6, 6.07) is 3.35. The van der Waals surface area contributed by atoms with Crippen molar-refractivity contribution >= 4 is 11.9 Å². The van der Waals surface area contributed by atoms with Gasteiger partial charge >= 0.3 is 0 Å². The van der Waals surface area contributed by atoms with E-state index in [1.807, 2.05) is 0 Å². The van der Waals surface area contributed by atoms with Gasteiger partial charge in [0, 0.05) is 26.7 Å². The SMILES string of the molecule is CN=C(NCCNC(=O)c1ccco1)NCC1(CC(C)C)CCC1. The molecule has 0 aromatic carbocycles. The summed E-state index contributed by atoms with van der Waals surface area (Å²) in [4.78, 5) is 16.0. The lowest BCUT2D eigenvalue weighted by Gasteiger charge is -2.43. The van der Waals surface area contributed by atoms with Crippen LogP contribution in [0.4, 0.5) is 0 Å². The summed E-state index contributed by atoms with van der Waals surface area (Å²) >= 11 is 0. The number of amides is 1. The first-order valence-electron chi connectivity index (χ1n) is 8.81. The Bertz CT molecular complexity index is 533. The fourth-order valence-electron chi connectivity index (χ4n) is 3.34. The largest absolute Gasteiger partial charge is 0.459 e. The van der Waals surface area contributed by atoms with E-state index in [1.54, 1.807) is 19.2 Å². The Labute approximate surface area is 144 Å². The second kappa shape index (κ2) is 8.76. The van der Waals surface area contributed by atoms with Crippen molar-refractivity contribution < 1.29 is 9.21 Å². The van der Waals surface area contributed by atoms with Crippen LogP contribution in [0.3, 0.4) is 0 Å². The van der Waals surface area contributed by atoms with Gasteiger partial charge in [0.1, 0.15) is 0 Å². The maximum Gasteiger partial charge on any atom is 0.287 e. The molecule has 2 rings (SSSR count). The van der Waals surface area contributed by atoms with Gasteiger partial charge in [-0.3, -0.25) is 9.79 Å². The average molecular weight is 334 g/mol. The van der Waals surface area contributed by atoms with E-state index < -0.39 is 0 Å². The molecule has 1 aromatic rings. The van der Waals surface area contributed by atoms with Crippen molar-refractivity contribution in [2.75, 3.05) is 26.7 Å². The number of aliphatic imine (C=N–C) groups is 1. The maximum atomic E-state index is 11.7. The molecule has 0 spiro atoms. The first-order valence-corrected chi connectivity index (χ1v) is 8.81. The highest BCUT2D eigenvalue weighted by Crippen LogP contribution is 2.45. The first kappa shape index (κ1) is 18.4. The molecule has 0 atom stereocenters. The molecular formula is C18H30N4O2. The molecule has 6 heteroatoms. The van der Waals surface area contributed by atoms with Crippen molar-refractivity contribution in [3.63, 3.8) is 0 Å². The molecule has 1 aromatic heterocycles. The van der Waals surface area contributed by atoms with Crippen LogP contribution >= 0.6 is 0 Å². The Kier molecular flexibility index (Phi) is 6.70. The van der Waals surface area contributed by atoms with E-state index in [1.165, 1.54) is 31.9 Å². The van der Waals surface area contributed by atoms with E-state index in [9.17, 15) is 4.79 Å². The molecule has 6 nitrogen and oxygen atoms in total. The topological polar surface area (TPSA) is 78.7 Å². The van der Waals surface area contributed by atoms with Gasteiger partial charge in [0.2, 0.25) is 0 Å². The monoisotopic (exact) mass is 334 g/mol. The lowest BCUT2D eigenvalue weighted by atomic mass is 9.64. The Balaban J connectivity index is 1.66. The minimum absolute atomic E-state index is 0.199. The van der Waals surface area contributed by atoms with Crippen LogP contribution in [0.15, 0.2) is 27.8 Å². The summed E-state index contributed by atoms with van der Waals surface area (Å²) in [6.45, 7) is 6.66. The number of rotatable bonds is 8. The third-order valence-corrected chi connectivity index (χ3v) is 4.56. The van der Waals surface area contributed by atoms with E-state index in [-0.39, 0.29) is 5.91 Å². The number of nitrogens with one attached hydrogen (secondary N) is 3. The molecule has 1 amide bonds. The molecule has 1 aliphatic rings. The van der Waals surface area contributed by atoms with Crippen LogP contribution < -0.4 is 16.0 Å². The summed E-state index contributed by atoms with van der Waals surface area (Å²) < 4.78 is 5.05. The van der Waals surface area contributed by atoms with Gasteiger partial charge in [0.05, 0.1) is 6.26 Å². The van der Waals surface area contributed by atoms with E-state index in [4.69, 9.17) is 4.42 Å². The molecule has 0 saturated heterocycles. The number of hydrogen-bond donors (Lipinski definition) is 3. The number of guanidine groups is 1. The lowest BCUT2D eigenvalue weighted by molar-refractivity contribution is 0.0926. The summed E-state index contributed by atoms with van der Waals surface area (Å²) in [5.74, 6) is 1.64. The van der Waals surface area contributed by atoms with E-state index >= 15 is 0 Å². The second-order valence-corrected chi connectivity index (χ2v) is 7.04. The highest BCUT2D eigenvalue weighted by molar-refractivity contribution is 5.91. The molecule has 3 N–H and O–H groups in total. The lowest BCUT2D eigenvalue weighted by Crippen LogP contribution is -2.48. The number of carbonyl (C=O) groups is 1. The quantitative estimate of drug-likeness (QED) is 0.387. The highest BCUT2D eigenvalue weighted by Gasteiger charge is 2.37. The fourth-order valence-corrected chi connectivity index (χ4v) is 3.34. The predicted octanol–water partition coefficient (Wildman–Crippen LogP) is 2.39. The summed E-state index contributed by atoms with van der Waals surface area (Å²) in [7, 11) is 1.77. The summed E-state index contributed by atoms with van der Waals surface area (Å²) in [6.07, 6.45) is 6.69. The average Bonchev–Trinajstić information content (AvgIpc) is 3.05. The molecule has 134 valence electrons. The number of carbonyl (C=O) groups excluding carboxylic acids is 1. The molecular weight excluding hydrogens is 304 g/mol. The number of hydrogen-bond acceptors (Lipinski definition) is 3. The van der Waals surface area contributed by atoms with Crippen molar-refractivity contribution in [2.24, 2.45) is 16.3 Å². The molecule has 0 bridgehead atoms. The Morgan fingerprint density at radius 1 is 1.29 bits per heavy atom. The standard InChI is InChI=1S/C18H30N4O2/c1-14(2)12-18(7-5-8-18)13-22-17(19-3)21-10-9-20-16(23)15-6-4-11-24-15/h4,6,11,14H,5,7-10,12-13H2,1-3H3,(H,20,23)(H2,19,21,22). The van der Waals surface area contributed by atoms with Gasteiger partial charge < -0.3 is 20.4 Å². The minimum Gasteiger partial charge on any atom is -0.459 e. The number of nitrogens with zero attached hydrogens (tertiary/aromatic N) is 1. The van der Waals surface area contributed by atoms with Crippen LogP contribution in [0.1, 0.15) is 50.1 Å². The molecule has 1 heterocycles. The summed E-state index contributed by atoms with van der Waals surface area (Å²) in [5.41, 5.74) is 0.430. The van der Waals surface area contributed by atoms with Crippen LogP contribution in [0.2, 0.25) is 0 Å². The van der Waals surface area contributed by atoms with Crippen LogP contribution in [0.5, 0.6) is 0 Å². The smallest absolute Gasteiger partial charge is 0.287 e. The molecule has 1 fully saturated rings. The highest BCUT2D eigenvalue weighted by atomic mass is 16.3. The molecule has 0 radical (unpaired) electrons. The zero-order valence-corrected chi connectivity index (χ0v) is 15.0. The second-order valence-electron chi connectivity index (χ2n) is 7.04. The molecule has 0 unspecified atom stereocenters. The van der Waals surface area contributed by atoms with Crippen LogP contribution in [0.25, 0.3) is 0 Å². The van der Waals surface area contributed by atoms with Crippen LogP contribution in [0, 0.1) is 11.3 Å². The van der Waals surface area contributed by atoms with Gasteiger partial charge in [-0.25, -0.2) is 0 Å². The normalized spacial score (nSPS) is 16.6. The van der Waals surface area contributed by atoms with Gasteiger partial charge in [-0.05, 0) is 42.7 Å². The molecule has 1 aliphatic carbocycles. The Morgan fingerprint density at radius 3 is 2.58 bits per heavy atom. The third kappa shape index (κ3) is 5.28. The zero-order valence-electron chi connectivity index (χ0n) is 15.0. The zero-order chi connectivity index (χ0) is 17.4. The van der Waals surface area contributed by atoms with Crippen molar-refractivity contribution in [3.8, 4) is 0 Å². The van der Waals surface area contributed by atoms with Gasteiger partial charge in [-0.15, -0.1) is 0 Å². The minimum atomic E-state index is -0.199. The van der Waals surface area contributed by atoms with E-state index in [2.05, 4.69) is 34.8 Å². The van der Waals surface area contributed by atoms with E-state index in [0.717, 1.165) is 18.4 Å². The van der Waals surface area contributed by atoms with Crippen molar-refractivity contribution in [1.82, 2.24) is 16.0 Å².